The molecule has 0 N–H and O–H groups in total. The number of methoxy groups -OCH3 is 1. The molecule has 1 amide bonds. The molecule has 17 heavy (non-hydrogen) atoms. The van der Waals surface area contributed by atoms with Crippen LogP contribution in [-0.4, -0.2) is 37.1 Å². The molecule has 4 heteroatoms. The number of ether oxygens (including phenoxy) is 1. The Morgan fingerprint density at radius 2 is 2.06 bits per heavy atom. The van der Waals surface area contributed by atoms with Crippen molar-refractivity contribution < 1.29 is 9.53 Å². The molecule has 2 rings (SSSR count). The summed E-state index contributed by atoms with van der Waals surface area (Å²) in [6, 6.07) is 2.00. The lowest BCUT2D eigenvalue weighted by Gasteiger charge is -2.31. The quantitative estimate of drug-likeness (QED) is 0.811. The molecule has 94 valence electrons. The zero-order valence-corrected chi connectivity index (χ0v) is 11.5. The molecule has 1 aromatic heterocycles. The summed E-state index contributed by atoms with van der Waals surface area (Å²) in [5.74, 6) is 0.182. The lowest BCUT2D eigenvalue weighted by molar-refractivity contribution is 0.0350. The van der Waals surface area contributed by atoms with Crippen LogP contribution in [0.15, 0.2) is 6.07 Å². The standard InChI is InChI=1S/C13H19NO2S/c1-9-8-12(10(2)17-9)13(15)14-6-4-11(16-3)5-7-14/h8,11H,4-7H2,1-3H3. The molecule has 0 saturated carbocycles. The fourth-order valence-corrected chi connectivity index (χ4v) is 3.22. The first kappa shape index (κ1) is 12.6. The highest BCUT2D eigenvalue weighted by Gasteiger charge is 2.24. The second kappa shape index (κ2) is 5.19. The van der Waals surface area contributed by atoms with Gasteiger partial charge < -0.3 is 9.64 Å². The molecule has 1 aliphatic rings. The number of hydrogen-bond donors (Lipinski definition) is 0. The number of carbonyl (C=O) groups excluding carboxylic acids is 1. The first-order valence-corrected chi connectivity index (χ1v) is 6.82. The highest BCUT2D eigenvalue weighted by Crippen LogP contribution is 2.23. The maximum Gasteiger partial charge on any atom is 0.254 e. The minimum Gasteiger partial charge on any atom is -0.381 e. The van der Waals surface area contributed by atoms with Crippen LogP contribution in [0.2, 0.25) is 0 Å². The summed E-state index contributed by atoms with van der Waals surface area (Å²) in [4.78, 5) is 16.6. The maximum atomic E-state index is 12.3. The summed E-state index contributed by atoms with van der Waals surface area (Å²) in [6.45, 7) is 5.69. The van der Waals surface area contributed by atoms with Crippen molar-refractivity contribution >= 4 is 17.2 Å². The van der Waals surface area contributed by atoms with Gasteiger partial charge in [-0.05, 0) is 32.8 Å². The normalized spacial score (nSPS) is 17.5. The Labute approximate surface area is 106 Å². The second-order valence-corrected chi connectivity index (χ2v) is 6.01. The average molecular weight is 253 g/mol. The molecule has 3 nitrogen and oxygen atoms in total. The largest absolute Gasteiger partial charge is 0.381 e. The van der Waals surface area contributed by atoms with Gasteiger partial charge in [-0.25, -0.2) is 0 Å². The molecule has 1 saturated heterocycles. The van der Waals surface area contributed by atoms with Crippen LogP contribution in [0, 0.1) is 13.8 Å². The fraction of sp³-hybridized carbons (Fsp3) is 0.615. The van der Waals surface area contributed by atoms with E-state index in [9.17, 15) is 4.79 Å². The van der Waals surface area contributed by atoms with Crippen LogP contribution in [0.5, 0.6) is 0 Å². The lowest BCUT2D eigenvalue weighted by Crippen LogP contribution is -2.40. The Morgan fingerprint density at radius 1 is 1.41 bits per heavy atom. The van der Waals surface area contributed by atoms with Gasteiger partial charge in [0, 0.05) is 30.0 Å². The van der Waals surface area contributed by atoms with E-state index in [1.165, 1.54) is 4.88 Å². The van der Waals surface area contributed by atoms with Crippen LogP contribution in [0.4, 0.5) is 0 Å². The first-order chi connectivity index (χ1) is 8.11. The summed E-state index contributed by atoms with van der Waals surface area (Å²) in [6.07, 6.45) is 2.22. The van der Waals surface area contributed by atoms with Gasteiger partial charge in [-0.15, -0.1) is 11.3 Å². The van der Waals surface area contributed by atoms with E-state index in [1.54, 1.807) is 18.4 Å². The molecule has 0 unspecified atom stereocenters. The molecule has 0 spiro atoms. The Bertz CT molecular complexity index is 406. The van der Waals surface area contributed by atoms with Gasteiger partial charge in [0.2, 0.25) is 0 Å². The third kappa shape index (κ3) is 2.69. The van der Waals surface area contributed by atoms with Crippen LogP contribution in [0.3, 0.4) is 0 Å². The summed E-state index contributed by atoms with van der Waals surface area (Å²) in [5.41, 5.74) is 0.878. The summed E-state index contributed by atoms with van der Waals surface area (Å²) in [5, 5.41) is 0. The molecular weight excluding hydrogens is 234 g/mol. The van der Waals surface area contributed by atoms with Gasteiger partial charge in [0.25, 0.3) is 5.91 Å². The van der Waals surface area contributed by atoms with Gasteiger partial charge in [-0.1, -0.05) is 0 Å². The number of hydrogen-bond acceptors (Lipinski definition) is 3. The van der Waals surface area contributed by atoms with Crippen molar-refractivity contribution in [2.45, 2.75) is 32.8 Å². The van der Waals surface area contributed by atoms with Gasteiger partial charge in [-0.3, -0.25) is 4.79 Å². The number of thiophene rings is 1. The minimum absolute atomic E-state index is 0.182. The molecule has 1 aromatic rings. The molecule has 0 radical (unpaired) electrons. The van der Waals surface area contributed by atoms with Crippen LogP contribution in [0.25, 0.3) is 0 Å². The SMILES string of the molecule is COC1CCN(C(=O)c2cc(C)sc2C)CC1. The number of likely N-dealkylation sites (tertiary alicyclic amines) is 1. The monoisotopic (exact) mass is 253 g/mol. The topological polar surface area (TPSA) is 29.5 Å². The van der Waals surface area contributed by atoms with Crippen LogP contribution >= 0.6 is 11.3 Å². The van der Waals surface area contributed by atoms with E-state index in [-0.39, 0.29) is 5.91 Å². The van der Waals surface area contributed by atoms with E-state index in [4.69, 9.17) is 4.74 Å². The smallest absolute Gasteiger partial charge is 0.254 e. The molecule has 1 aliphatic heterocycles. The molecule has 0 aromatic carbocycles. The summed E-state index contributed by atoms with van der Waals surface area (Å²) >= 11 is 1.69. The summed E-state index contributed by atoms with van der Waals surface area (Å²) < 4.78 is 5.32. The van der Waals surface area contributed by atoms with E-state index in [0.29, 0.717) is 6.10 Å². The molecule has 1 fully saturated rings. The molecule has 0 atom stereocenters. The van der Waals surface area contributed by atoms with Crippen molar-refractivity contribution in [3.63, 3.8) is 0 Å². The highest BCUT2D eigenvalue weighted by atomic mass is 32.1. The van der Waals surface area contributed by atoms with E-state index >= 15 is 0 Å². The van der Waals surface area contributed by atoms with E-state index in [0.717, 1.165) is 36.4 Å². The van der Waals surface area contributed by atoms with Gasteiger partial charge in [0.05, 0.1) is 11.7 Å². The van der Waals surface area contributed by atoms with Gasteiger partial charge in [-0.2, -0.15) is 0 Å². The Balaban J connectivity index is 2.04. The first-order valence-electron chi connectivity index (χ1n) is 6.01. The van der Waals surface area contributed by atoms with Crippen molar-refractivity contribution in [2.24, 2.45) is 0 Å². The number of carbonyl (C=O) groups is 1. The molecule has 2 heterocycles. The van der Waals surface area contributed by atoms with Crippen molar-refractivity contribution in [1.82, 2.24) is 4.90 Å². The van der Waals surface area contributed by atoms with Crippen molar-refractivity contribution in [1.29, 1.82) is 0 Å². The van der Waals surface area contributed by atoms with Crippen LogP contribution < -0.4 is 0 Å². The Kier molecular flexibility index (Phi) is 3.84. The van der Waals surface area contributed by atoms with E-state index < -0.39 is 0 Å². The maximum absolute atomic E-state index is 12.3. The van der Waals surface area contributed by atoms with E-state index in [2.05, 4.69) is 0 Å². The lowest BCUT2D eigenvalue weighted by atomic mass is 10.1. The second-order valence-electron chi connectivity index (χ2n) is 4.55. The predicted molar refractivity (Wildman–Crippen MR) is 69.7 cm³/mol. The van der Waals surface area contributed by atoms with Gasteiger partial charge in [0.15, 0.2) is 0 Å². The Morgan fingerprint density at radius 3 is 2.53 bits per heavy atom. The summed E-state index contributed by atoms with van der Waals surface area (Å²) in [7, 11) is 1.74. The number of nitrogens with zero attached hydrogens (tertiary/aromatic N) is 1. The van der Waals surface area contributed by atoms with Gasteiger partial charge in [0.1, 0.15) is 0 Å². The van der Waals surface area contributed by atoms with Crippen molar-refractivity contribution in [2.75, 3.05) is 20.2 Å². The third-order valence-electron chi connectivity index (χ3n) is 3.33. The zero-order valence-electron chi connectivity index (χ0n) is 10.7. The third-order valence-corrected chi connectivity index (χ3v) is 4.30. The molecule has 0 bridgehead atoms. The Hall–Kier alpha value is -0.870. The van der Waals surface area contributed by atoms with Crippen molar-refractivity contribution in [3.05, 3.63) is 21.4 Å². The molecular formula is C13H19NO2S. The number of piperidine rings is 1. The predicted octanol–water partition coefficient (Wildman–Crippen LogP) is 2.62. The van der Waals surface area contributed by atoms with Crippen LogP contribution in [0.1, 0.15) is 33.0 Å². The number of rotatable bonds is 2. The zero-order chi connectivity index (χ0) is 12.4. The van der Waals surface area contributed by atoms with Crippen molar-refractivity contribution in [3.8, 4) is 0 Å². The molecule has 0 aliphatic carbocycles. The van der Waals surface area contributed by atoms with Gasteiger partial charge >= 0.3 is 0 Å². The number of aryl methyl sites for hydroxylation is 2. The number of amides is 1. The minimum atomic E-state index is 0.182. The van der Waals surface area contributed by atoms with E-state index in [1.807, 2.05) is 24.8 Å². The van der Waals surface area contributed by atoms with Crippen LogP contribution in [-0.2, 0) is 4.74 Å². The average Bonchev–Trinajstić information content (AvgIpc) is 2.68. The fourth-order valence-electron chi connectivity index (χ4n) is 2.31. The highest BCUT2D eigenvalue weighted by molar-refractivity contribution is 7.12.